The Morgan fingerprint density at radius 3 is 1.88 bits per heavy atom. The van der Waals surface area contributed by atoms with E-state index in [9.17, 15) is 24.9 Å². The highest BCUT2D eigenvalue weighted by Crippen LogP contribution is 2.47. The van der Waals surface area contributed by atoms with Gasteiger partial charge in [-0.1, -0.05) is 23.2 Å². The van der Waals surface area contributed by atoms with Crippen LogP contribution in [0.4, 0.5) is 0 Å². The third-order valence-electron chi connectivity index (χ3n) is 2.31. The van der Waals surface area contributed by atoms with Gasteiger partial charge in [-0.2, -0.15) is 0 Å². The first kappa shape index (κ1) is 11.8. The second kappa shape index (κ2) is 3.65. The highest BCUT2D eigenvalue weighted by atomic mass is 35.5. The summed E-state index contributed by atoms with van der Waals surface area (Å²) in [6.07, 6.45) is 0.633. The third kappa shape index (κ3) is 1.47. The highest BCUT2D eigenvalue weighted by Gasteiger charge is 2.34. The Labute approximate surface area is 105 Å². The molecule has 88 valence electrons. The molecule has 2 rings (SSSR count). The molecule has 3 N–H and O–H groups in total. The fourth-order valence-electron chi connectivity index (χ4n) is 1.52. The largest absolute Gasteiger partial charge is 0.507 e. The van der Waals surface area contributed by atoms with E-state index in [2.05, 4.69) is 0 Å². The maximum Gasteiger partial charge on any atom is 0.237 e. The smallest absolute Gasteiger partial charge is 0.237 e. The molecule has 1 aromatic rings. The molecule has 0 spiro atoms. The number of ketones is 2. The molecule has 5 nitrogen and oxygen atoms in total. The quantitative estimate of drug-likeness (QED) is 0.497. The molecule has 0 aromatic heterocycles. The molecule has 0 amide bonds. The van der Waals surface area contributed by atoms with Crippen molar-refractivity contribution in [3.8, 4) is 11.5 Å². The summed E-state index contributed by atoms with van der Waals surface area (Å²) in [5.74, 6) is -4.18. The van der Waals surface area contributed by atoms with E-state index in [0.29, 0.717) is 6.08 Å². The van der Waals surface area contributed by atoms with E-state index in [-0.39, 0.29) is 0 Å². The first-order chi connectivity index (χ1) is 7.86. The average molecular weight is 275 g/mol. The van der Waals surface area contributed by atoms with Crippen molar-refractivity contribution in [3.05, 3.63) is 27.2 Å². The normalized spacial score (nSPS) is 14.6. The van der Waals surface area contributed by atoms with Gasteiger partial charge in [0.25, 0.3) is 0 Å². The maximum atomic E-state index is 11.5. The van der Waals surface area contributed by atoms with Crippen molar-refractivity contribution in [1.82, 2.24) is 0 Å². The van der Waals surface area contributed by atoms with Crippen LogP contribution in [0.3, 0.4) is 0 Å². The molecule has 0 radical (unpaired) electrons. The minimum Gasteiger partial charge on any atom is -0.507 e. The molecule has 1 aromatic carbocycles. The lowest BCUT2D eigenvalue weighted by atomic mass is 9.92. The van der Waals surface area contributed by atoms with Crippen molar-refractivity contribution < 1.29 is 24.9 Å². The van der Waals surface area contributed by atoms with Gasteiger partial charge in [-0.25, -0.2) is 0 Å². The van der Waals surface area contributed by atoms with Crippen LogP contribution in [0.15, 0.2) is 6.08 Å². The Hall–Kier alpha value is -1.72. The van der Waals surface area contributed by atoms with Gasteiger partial charge in [-0.3, -0.25) is 9.59 Å². The van der Waals surface area contributed by atoms with Crippen LogP contribution in [0, 0.1) is 0 Å². The van der Waals surface area contributed by atoms with E-state index in [1.807, 2.05) is 0 Å². The molecule has 1 aliphatic carbocycles. The number of phenolic OH excluding ortho intramolecular Hbond substituents is 2. The number of benzene rings is 1. The van der Waals surface area contributed by atoms with E-state index in [4.69, 9.17) is 23.2 Å². The highest BCUT2D eigenvalue weighted by molar-refractivity contribution is 6.53. The van der Waals surface area contributed by atoms with Crippen molar-refractivity contribution in [2.24, 2.45) is 0 Å². The molecule has 0 aliphatic heterocycles. The van der Waals surface area contributed by atoms with Gasteiger partial charge in [0.15, 0.2) is 0 Å². The number of Topliss-reactive ketones (excluding diaryl/α,β-unsaturated/α-hetero) is 1. The number of fused-ring (bicyclic) bond motifs is 1. The summed E-state index contributed by atoms with van der Waals surface area (Å²) in [4.78, 5) is 22.7. The van der Waals surface area contributed by atoms with Crippen LogP contribution in [0.2, 0.25) is 10.0 Å². The second-order valence-electron chi connectivity index (χ2n) is 3.30. The summed E-state index contributed by atoms with van der Waals surface area (Å²) in [5, 5.41) is 27.9. The molecule has 7 heteroatoms. The first-order valence-corrected chi connectivity index (χ1v) is 5.04. The Morgan fingerprint density at radius 2 is 1.35 bits per heavy atom. The fraction of sp³-hybridized carbons (Fsp3) is 0. The number of halogens is 2. The van der Waals surface area contributed by atoms with Gasteiger partial charge < -0.3 is 15.3 Å². The van der Waals surface area contributed by atoms with Crippen molar-refractivity contribution in [2.75, 3.05) is 0 Å². The SMILES string of the molecule is O=C1C=C(O)c2c(O)c(Cl)c(Cl)c(O)c2C1=O. The Kier molecular flexibility index (Phi) is 2.52. The molecule has 0 saturated carbocycles. The topological polar surface area (TPSA) is 94.8 Å². The molecule has 17 heavy (non-hydrogen) atoms. The zero-order chi connectivity index (χ0) is 12.9. The summed E-state index contributed by atoms with van der Waals surface area (Å²) in [6.45, 7) is 0. The third-order valence-corrected chi connectivity index (χ3v) is 3.14. The Morgan fingerprint density at radius 1 is 0.882 bits per heavy atom. The lowest BCUT2D eigenvalue weighted by Crippen LogP contribution is -2.19. The number of hydrogen-bond donors (Lipinski definition) is 3. The summed E-state index contributed by atoms with van der Waals surface area (Å²) in [7, 11) is 0. The lowest BCUT2D eigenvalue weighted by molar-refractivity contribution is -0.111. The summed E-state index contributed by atoms with van der Waals surface area (Å²) >= 11 is 11.2. The van der Waals surface area contributed by atoms with Gasteiger partial charge in [0.1, 0.15) is 27.3 Å². The number of allylic oxidation sites excluding steroid dienone is 1. The number of carbonyl (C=O) groups is 2. The number of aliphatic hydroxyl groups excluding tert-OH is 1. The molecule has 0 atom stereocenters. The number of aliphatic hydroxyl groups is 1. The van der Waals surface area contributed by atoms with Gasteiger partial charge in [0.2, 0.25) is 11.6 Å². The molecular formula is C10H4Cl2O5. The maximum absolute atomic E-state index is 11.5. The van der Waals surface area contributed by atoms with E-state index in [1.165, 1.54) is 0 Å². The number of rotatable bonds is 0. The number of carbonyl (C=O) groups excluding carboxylic acids is 2. The van der Waals surface area contributed by atoms with Crippen LogP contribution < -0.4 is 0 Å². The van der Waals surface area contributed by atoms with Crippen molar-refractivity contribution in [3.63, 3.8) is 0 Å². The van der Waals surface area contributed by atoms with Gasteiger partial charge in [0, 0.05) is 6.08 Å². The number of hydrogen-bond acceptors (Lipinski definition) is 5. The fourth-order valence-corrected chi connectivity index (χ4v) is 1.89. The van der Waals surface area contributed by atoms with E-state index in [1.54, 1.807) is 0 Å². The van der Waals surface area contributed by atoms with Crippen LogP contribution >= 0.6 is 23.2 Å². The number of phenols is 2. The van der Waals surface area contributed by atoms with Crippen molar-refractivity contribution in [1.29, 1.82) is 0 Å². The van der Waals surface area contributed by atoms with Crippen molar-refractivity contribution >= 4 is 40.5 Å². The van der Waals surface area contributed by atoms with Crippen LogP contribution in [0.5, 0.6) is 11.5 Å². The molecule has 0 fully saturated rings. The monoisotopic (exact) mass is 274 g/mol. The molecule has 0 saturated heterocycles. The van der Waals surface area contributed by atoms with Crippen molar-refractivity contribution in [2.45, 2.75) is 0 Å². The Bertz CT molecular complexity index is 603. The minimum absolute atomic E-state index is 0.401. The van der Waals surface area contributed by atoms with E-state index >= 15 is 0 Å². The van der Waals surface area contributed by atoms with Gasteiger partial charge in [0.05, 0.1) is 11.1 Å². The zero-order valence-electron chi connectivity index (χ0n) is 7.99. The average Bonchev–Trinajstić information content (AvgIpc) is 2.28. The van der Waals surface area contributed by atoms with Crippen LogP contribution in [-0.2, 0) is 4.79 Å². The predicted octanol–water partition coefficient (Wildman–Crippen LogP) is 2.07. The summed E-state index contributed by atoms with van der Waals surface area (Å²) in [6, 6.07) is 0. The lowest BCUT2D eigenvalue weighted by Gasteiger charge is -2.17. The summed E-state index contributed by atoms with van der Waals surface area (Å²) < 4.78 is 0. The van der Waals surface area contributed by atoms with Crippen LogP contribution in [-0.4, -0.2) is 26.9 Å². The number of aromatic hydroxyl groups is 2. The Balaban J connectivity index is 2.96. The standard InChI is InChI=1S/C10H4Cl2O5/c11-6-7(12)10(17)5-4(9(6)16)2(13)1-3(14)8(5)15/h1,13,16-17H. The van der Waals surface area contributed by atoms with Crippen LogP contribution in [0.25, 0.3) is 5.76 Å². The zero-order valence-corrected chi connectivity index (χ0v) is 9.50. The van der Waals surface area contributed by atoms with Crippen LogP contribution in [0.1, 0.15) is 15.9 Å². The predicted molar refractivity (Wildman–Crippen MR) is 59.7 cm³/mol. The first-order valence-electron chi connectivity index (χ1n) is 4.28. The van der Waals surface area contributed by atoms with E-state index < -0.39 is 50.0 Å². The molecule has 1 aliphatic rings. The van der Waals surface area contributed by atoms with Gasteiger partial charge >= 0.3 is 0 Å². The molecular weight excluding hydrogens is 271 g/mol. The molecule has 0 bridgehead atoms. The second-order valence-corrected chi connectivity index (χ2v) is 4.05. The van der Waals surface area contributed by atoms with Gasteiger partial charge in [-0.15, -0.1) is 0 Å². The van der Waals surface area contributed by atoms with E-state index in [0.717, 1.165) is 0 Å². The van der Waals surface area contributed by atoms with Gasteiger partial charge in [-0.05, 0) is 0 Å². The molecule has 0 unspecified atom stereocenters. The summed E-state index contributed by atoms with van der Waals surface area (Å²) in [5.41, 5.74) is -0.955. The molecule has 0 heterocycles. The minimum atomic E-state index is -1.08.